The second-order valence-corrected chi connectivity index (χ2v) is 5.15. The van der Waals surface area contributed by atoms with Crippen LogP contribution in [0.4, 0.5) is 4.79 Å². The van der Waals surface area contributed by atoms with Gasteiger partial charge in [-0.3, -0.25) is 4.90 Å². The maximum absolute atomic E-state index is 11.7. The van der Waals surface area contributed by atoms with Crippen LogP contribution in [0, 0.1) is 0 Å². The van der Waals surface area contributed by atoms with Gasteiger partial charge in [0, 0.05) is 5.75 Å². The number of nitrogens with zero attached hydrogens (tertiary/aromatic N) is 1. The first-order chi connectivity index (χ1) is 7.74. The average molecular weight is 233 g/mol. The van der Waals surface area contributed by atoms with Crippen molar-refractivity contribution in [1.29, 1.82) is 0 Å². The normalized spacial score (nSPS) is 25.8. The molecule has 16 heavy (non-hydrogen) atoms. The van der Waals surface area contributed by atoms with E-state index in [1.165, 1.54) is 0 Å². The average Bonchev–Trinajstić information content (AvgIpc) is 3.19. The predicted octanol–water partition coefficient (Wildman–Crippen LogP) is 2.60. The largest absolute Gasteiger partial charge is 0.444 e. The van der Waals surface area contributed by atoms with Crippen LogP contribution in [0.25, 0.3) is 0 Å². The maximum atomic E-state index is 11.7. The smallest absolute Gasteiger partial charge is 0.416 e. The zero-order chi connectivity index (χ0) is 11.2. The van der Waals surface area contributed by atoms with Crippen LogP contribution < -0.4 is 0 Å². The Morgan fingerprint density at radius 2 is 2.19 bits per heavy atom. The Morgan fingerprint density at radius 1 is 1.50 bits per heavy atom. The quantitative estimate of drug-likeness (QED) is 0.735. The van der Waals surface area contributed by atoms with Gasteiger partial charge in [0.05, 0.1) is 5.70 Å². The third-order valence-electron chi connectivity index (χ3n) is 2.84. The highest BCUT2D eigenvalue weighted by Crippen LogP contribution is 2.66. The number of ether oxygens (including phenoxy) is 1. The molecule has 2 aliphatic rings. The van der Waals surface area contributed by atoms with Crippen molar-refractivity contribution in [2.45, 2.75) is 11.5 Å². The highest BCUT2D eigenvalue weighted by molar-refractivity contribution is 8.08. The summed E-state index contributed by atoms with van der Waals surface area (Å²) in [4.78, 5) is 13.2. The molecular formula is C12H11NO2S. The van der Waals surface area contributed by atoms with Gasteiger partial charge in [0.1, 0.15) is 11.5 Å². The topological polar surface area (TPSA) is 29.3 Å². The first-order valence-corrected chi connectivity index (χ1v) is 6.07. The Labute approximate surface area is 98.1 Å². The molecule has 3 rings (SSSR count). The van der Waals surface area contributed by atoms with E-state index in [9.17, 15) is 4.79 Å². The fourth-order valence-electron chi connectivity index (χ4n) is 1.72. The van der Waals surface area contributed by atoms with E-state index in [1.54, 1.807) is 16.7 Å². The van der Waals surface area contributed by atoms with Crippen LogP contribution in [0.1, 0.15) is 5.56 Å². The van der Waals surface area contributed by atoms with Gasteiger partial charge in [0.2, 0.25) is 0 Å². The number of carbonyl (C=O) groups is 1. The van der Waals surface area contributed by atoms with Crippen LogP contribution >= 0.6 is 11.8 Å². The van der Waals surface area contributed by atoms with E-state index in [2.05, 4.69) is 6.58 Å². The molecule has 0 aromatic heterocycles. The highest BCUT2D eigenvalue weighted by atomic mass is 32.2. The van der Waals surface area contributed by atoms with Gasteiger partial charge in [-0.2, -0.15) is 0 Å². The summed E-state index contributed by atoms with van der Waals surface area (Å²) in [6.45, 7) is 4.17. The van der Waals surface area contributed by atoms with Gasteiger partial charge in [-0.1, -0.05) is 36.9 Å². The van der Waals surface area contributed by atoms with E-state index in [0.29, 0.717) is 6.61 Å². The van der Waals surface area contributed by atoms with Crippen molar-refractivity contribution in [2.24, 2.45) is 0 Å². The van der Waals surface area contributed by atoms with E-state index in [-0.39, 0.29) is 11.0 Å². The molecule has 1 atom stereocenters. The van der Waals surface area contributed by atoms with E-state index >= 15 is 0 Å². The summed E-state index contributed by atoms with van der Waals surface area (Å²) >= 11 is 1.73. The minimum atomic E-state index is -0.279. The zero-order valence-electron chi connectivity index (χ0n) is 8.68. The van der Waals surface area contributed by atoms with Crippen molar-refractivity contribution in [3.8, 4) is 0 Å². The van der Waals surface area contributed by atoms with Crippen LogP contribution in [0.2, 0.25) is 0 Å². The van der Waals surface area contributed by atoms with E-state index in [4.69, 9.17) is 4.74 Å². The van der Waals surface area contributed by atoms with Crippen LogP contribution in [-0.4, -0.2) is 21.6 Å². The molecule has 3 nitrogen and oxygen atoms in total. The number of carbonyl (C=O) groups excluding carboxylic acids is 1. The van der Waals surface area contributed by atoms with Crippen molar-refractivity contribution in [3.63, 3.8) is 0 Å². The van der Waals surface area contributed by atoms with Crippen molar-refractivity contribution in [1.82, 2.24) is 4.90 Å². The summed E-state index contributed by atoms with van der Waals surface area (Å²) in [5.74, 6) is 0.965. The second-order valence-electron chi connectivity index (χ2n) is 3.90. The molecule has 2 heterocycles. The minimum Gasteiger partial charge on any atom is -0.444 e. The van der Waals surface area contributed by atoms with Gasteiger partial charge in [-0.25, -0.2) is 4.79 Å². The number of benzene rings is 1. The van der Waals surface area contributed by atoms with Gasteiger partial charge in [-0.05, 0) is 5.56 Å². The number of thioether (sulfide) groups is 1. The van der Waals surface area contributed by atoms with Crippen LogP contribution in [0.5, 0.6) is 0 Å². The van der Waals surface area contributed by atoms with Gasteiger partial charge in [0.15, 0.2) is 0 Å². The predicted molar refractivity (Wildman–Crippen MR) is 62.8 cm³/mol. The molecule has 82 valence electrons. The van der Waals surface area contributed by atoms with E-state index in [1.807, 2.05) is 30.3 Å². The fraction of sp³-hybridized carbons (Fsp3) is 0.250. The molecule has 0 radical (unpaired) electrons. The zero-order valence-corrected chi connectivity index (χ0v) is 9.50. The van der Waals surface area contributed by atoms with Crippen LogP contribution in [0.3, 0.4) is 0 Å². The molecule has 0 saturated carbocycles. The van der Waals surface area contributed by atoms with Crippen LogP contribution in [0.15, 0.2) is 42.6 Å². The lowest BCUT2D eigenvalue weighted by atomic mass is 10.2. The first-order valence-electron chi connectivity index (χ1n) is 5.08. The number of hydrogen-bond acceptors (Lipinski definition) is 3. The van der Waals surface area contributed by atoms with Gasteiger partial charge >= 0.3 is 6.09 Å². The molecule has 1 aromatic carbocycles. The Kier molecular flexibility index (Phi) is 2.01. The summed E-state index contributed by atoms with van der Waals surface area (Å²) in [5.41, 5.74) is 1.89. The molecule has 1 amide bonds. The number of hydrogen-bond donors (Lipinski definition) is 0. The lowest BCUT2D eigenvalue weighted by Gasteiger charge is -2.04. The molecule has 2 saturated heterocycles. The summed E-state index contributed by atoms with van der Waals surface area (Å²) in [6, 6.07) is 9.67. The van der Waals surface area contributed by atoms with E-state index in [0.717, 1.165) is 17.0 Å². The standard InChI is InChI=1S/C12H11NO2S/c1-9-12(8-16-12)13(9)11(14)15-7-10-5-3-2-4-6-10/h2-6H,1,7-8H2. The SMILES string of the molecule is C=C1N(C(=O)OCc2ccccc2)C12CS2. The first kappa shape index (κ1) is 9.78. The minimum absolute atomic E-state index is 0.0756. The molecule has 2 fully saturated rings. The van der Waals surface area contributed by atoms with Crippen molar-refractivity contribution in [2.75, 3.05) is 5.75 Å². The summed E-state index contributed by atoms with van der Waals surface area (Å²) in [7, 11) is 0. The van der Waals surface area contributed by atoms with Crippen molar-refractivity contribution >= 4 is 17.9 Å². The molecule has 0 N–H and O–H groups in total. The third-order valence-corrected chi connectivity index (χ3v) is 4.09. The van der Waals surface area contributed by atoms with E-state index < -0.39 is 0 Å². The Balaban J connectivity index is 1.57. The number of amides is 1. The Bertz CT molecular complexity index is 453. The fourth-order valence-corrected chi connectivity index (χ4v) is 2.68. The Hall–Kier alpha value is -1.42. The monoisotopic (exact) mass is 233 g/mol. The number of rotatable bonds is 2. The molecule has 1 unspecified atom stereocenters. The molecule has 1 spiro atoms. The van der Waals surface area contributed by atoms with Crippen LogP contribution in [-0.2, 0) is 11.3 Å². The molecule has 4 heteroatoms. The highest BCUT2D eigenvalue weighted by Gasteiger charge is 2.70. The Morgan fingerprint density at radius 3 is 2.75 bits per heavy atom. The summed E-state index contributed by atoms with van der Waals surface area (Å²) in [6.07, 6.45) is -0.279. The van der Waals surface area contributed by atoms with Crippen molar-refractivity contribution < 1.29 is 9.53 Å². The van der Waals surface area contributed by atoms with Crippen molar-refractivity contribution in [3.05, 3.63) is 48.2 Å². The molecule has 2 aliphatic heterocycles. The van der Waals surface area contributed by atoms with Gasteiger partial charge in [0.25, 0.3) is 0 Å². The lowest BCUT2D eigenvalue weighted by molar-refractivity contribution is 0.124. The third kappa shape index (κ3) is 1.41. The maximum Gasteiger partial charge on any atom is 0.416 e. The lowest BCUT2D eigenvalue weighted by Crippen LogP contribution is -2.15. The summed E-state index contributed by atoms with van der Waals surface area (Å²) in [5, 5.41) is 0. The molecule has 0 aliphatic carbocycles. The second kappa shape index (κ2) is 3.28. The van der Waals surface area contributed by atoms with Gasteiger partial charge in [-0.15, -0.1) is 11.8 Å². The molecular weight excluding hydrogens is 222 g/mol. The molecule has 1 aromatic rings. The molecule has 0 bridgehead atoms. The summed E-state index contributed by atoms with van der Waals surface area (Å²) < 4.78 is 5.21. The van der Waals surface area contributed by atoms with Gasteiger partial charge < -0.3 is 4.74 Å².